The van der Waals surface area contributed by atoms with E-state index in [0.29, 0.717) is 6.54 Å². The minimum atomic E-state index is 0. The van der Waals surface area contributed by atoms with E-state index in [0.717, 1.165) is 68.6 Å². The highest BCUT2D eigenvalue weighted by Gasteiger charge is 2.22. The molecule has 3 heterocycles. The summed E-state index contributed by atoms with van der Waals surface area (Å²) in [4.78, 5) is 9.40. The number of aryl methyl sites for hydroxylation is 2. The lowest BCUT2D eigenvalue weighted by Crippen LogP contribution is -2.47. The summed E-state index contributed by atoms with van der Waals surface area (Å²) in [7, 11) is 0. The Kier molecular flexibility index (Phi) is 8.93. The fraction of sp³-hybridized carbons (Fsp3) is 0.435. The molecule has 4 rings (SSSR count). The van der Waals surface area contributed by atoms with Crippen LogP contribution in [-0.2, 0) is 32.2 Å². The first-order valence-electron chi connectivity index (χ1n) is 10.8. The first kappa shape index (κ1) is 23.3. The van der Waals surface area contributed by atoms with Gasteiger partial charge in [0.15, 0.2) is 11.8 Å². The second-order valence-electron chi connectivity index (χ2n) is 7.58. The molecular weight excluding hydrogens is 503 g/mol. The zero-order valence-corrected chi connectivity index (χ0v) is 20.3. The van der Waals surface area contributed by atoms with E-state index in [-0.39, 0.29) is 30.0 Å². The second-order valence-corrected chi connectivity index (χ2v) is 7.58. The number of aromatic nitrogens is 3. The van der Waals surface area contributed by atoms with Gasteiger partial charge in [0.1, 0.15) is 11.6 Å². The molecule has 0 aliphatic carbocycles. The summed E-state index contributed by atoms with van der Waals surface area (Å²) in [6.07, 6.45) is 6.29. The minimum Gasteiger partial charge on any atom is -0.469 e. The van der Waals surface area contributed by atoms with Crippen LogP contribution in [0.1, 0.15) is 36.3 Å². The summed E-state index contributed by atoms with van der Waals surface area (Å²) < 4.78 is 7.47. The third-order valence-corrected chi connectivity index (χ3v) is 5.32. The molecule has 1 atom stereocenters. The number of nitrogens with zero attached hydrogens (tertiary/aromatic N) is 4. The molecule has 0 amide bonds. The van der Waals surface area contributed by atoms with E-state index in [1.165, 1.54) is 5.56 Å². The first-order chi connectivity index (χ1) is 14.8. The molecule has 3 aromatic rings. The summed E-state index contributed by atoms with van der Waals surface area (Å²) >= 11 is 0. The highest BCUT2D eigenvalue weighted by atomic mass is 127. The Balaban J connectivity index is 0.00000272. The van der Waals surface area contributed by atoms with E-state index in [9.17, 15) is 0 Å². The number of hydrogen-bond acceptors (Lipinski definition) is 4. The van der Waals surface area contributed by atoms with Gasteiger partial charge < -0.3 is 15.1 Å². The molecule has 1 unspecified atom stereocenters. The van der Waals surface area contributed by atoms with Crippen LogP contribution >= 0.6 is 24.0 Å². The van der Waals surface area contributed by atoms with Crippen LogP contribution in [0.25, 0.3) is 0 Å². The summed E-state index contributed by atoms with van der Waals surface area (Å²) in [5.74, 6) is 3.83. The van der Waals surface area contributed by atoms with E-state index in [1.807, 2.05) is 22.9 Å². The normalized spacial score (nSPS) is 15.8. The maximum Gasteiger partial charge on any atom is 0.191 e. The van der Waals surface area contributed by atoms with Crippen molar-refractivity contribution in [2.45, 2.75) is 51.6 Å². The maximum absolute atomic E-state index is 5.43. The fourth-order valence-corrected chi connectivity index (χ4v) is 3.68. The lowest BCUT2D eigenvalue weighted by Gasteiger charge is -2.25. The quantitative estimate of drug-likeness (QED) is 0.263. The van der Waals surface area contributed by atoms with Crippen molar-refractivity contribution in [1.82, 2.24) is 25.4 Å². The molecule has 0 bridgehead atoms. The van der Waals surface area contributed by atoms with Crippen molar-refractivity contribution in [1.29, 1.82) is 0 Å². The van der Waals surface area contributed by atoms with Crippen molar-refractivity contribution in [2.75, 3.05) is 13.1 Å². The summed E-state index contributed by atoms with van der Waals surface area (Å²) in [6, 6.07) is 14.7. The van der Waals surface area contributed by atoms with Crippen LogP contribution < -0.4 is 10.6 Å². The molecule has 0 fully saturated rings. The average molecular weight is 534 g/mol. The number of nitrogens with one attached hydrogen (secondary N) is 2. The Morgan fingerprint density at radius 3 is 2.84 bits per heavy atom. The van der Waals surface area contributed by atoms with Crippen molar-refractivity contribution in [3.05, 3.63) is 71.7 Å². The SMILES string of the molecule is CCc1nc2n(n1)CC(NC(=NCCc1ccco1)NCCc1ccccc1)CC2.I. The Labute approximate surface area is 200 Å². The molecule has 0 radical (unpaired) electrons. The van der Waals surface area contributed by atoms with Gasteiger partial charge in [0.05, 0.1) is 12.8 Å². The molecular formula is C23H31IN6O. The van der Waals surface area contributed by atoms with Gasteiger partial charge in [-0.15, -0.1) is 24.0 Å². The molecule has 2 aromatic heterocycles. The third kappa shape index (κ3) is 6.81. The van der Waals surface area contributed by atoms with Gasteiger partial charge in [-0.1, -0.05) is 37.3 Å². The molecule has 0 saturated heterocycles. The largest absolute Gasteiger partial charge is 0.469 e. The molecule has 7 nitrogen and oxygen atoms in total. The van der Waals surface area contributed by atoms with Crippen LogP contribution in [0, 0.1) is 0 Å². The highest BCUT2D eigenvalue weighted by molar-refractivity contribution is 14.0. The Morgan fingerprint density at radius 1 is 1.19 bits per heavy atom. The standard InChI is InChI=1S/C23H30N6O.HI/c1-2-21-27-22-11-10-19(17-29(22)28-21)26-23(25-15-13-20-9-6-16-30-20)24-14-12-18-7-4-3-5-8-18;/h3-9,16,19H,2,10-15,17H2,1H3,(H2,24,25,26);1H. The summed E-state index contributed by atoms with van der Waals surface area (Å²) in [5, 5.41) is 11.7. The number of halogens is 1. The van der Waals surface area contributed by atoms with Gasteiger partial charge in [0, 0.05) is 38.4 Å². The maximum atomic E-state index is 5.43. The Morgan fingerprint density at radius 2 is 2.06 bits per heavy atom. The average Bonchev–Trinajstić information content (AvgIpc) is 3.43. The van der Waals surface area contributed by atoms with Crippen molar-refractivity contribution in [2.24, 2.45) is 4.99 Å². The molecule has 1 aromatic carbocycles. The number of furan rings is 1. The van der Waals surface area contributed by atoms with E-state index in [4.69, 9.17) is 9.41 Å². The van der Waals surface area contributed by atoms with Crippen LogP contribution in [0.5, 0.6) is 0 Å². The minimum absolute atomic E-state index is 0. The molecule has 2 N–H and O–H groups in total. The topological polar surface area (TPSA) is 80.3 Å². The summed E-state index contributed by atoms with van der Waals surface area (Å²) in [6.45, 7) is 4.42. The molecule has 0 spiro atoms. The number of rotatable bonds is 8. The Bertz CT molecular complexity index is 938. The fourth-order valence-electron chi connectivity index (χ4n) is 3.68. The third-order valence-electron chi connectivity index (χ3n) is 5.32. The van der Waals surface area contributed by atoms with Crippen LogP contribution in [-0.4, -0.2) is 39.9 Å². The van der Waals surface area contributed by atoms with Gasteiger partial charge in [-0.3, -0.25) is 4.99 Å². The van der Waals surface area contributed by atoms with Gasteiger partial charge in [-0.05, 0) is 30.5 Å². The van der Waals surface area contributed by atoms with Crippen LogP contribution in [0.3, 0.4) is 0 Å². The zero-order chi connectivity index (χ0) is 20.6. The van der Waals surface area contributed by atoms with Gasteiger partial charge in [-0.25, -0.2) is 9.67 Å². The molecule has 8 heteroatoms. The van der Waals surface area contributed by atoms with Crippen molar-refractivity contribution >= 4 is 29.9 Å². The van der Waals surface area contributed by atoms with E-state index < -0.39 is 0 Å². The van der Waals surface area contributed by atoms with Gasteiger partial charge in [-0.2, -0.15) is 5.10 Å². The molecule has 31 heavy (non-hydrogen) atoms. The number of benzene rings is 1. The van der Waals surface area contributed by atoms with Crippen LogP contribution in [0.4, 0.5) is 0 Å². The lowest BCUT2D eigenvalue weighted by atomic mass is 10.1. The number of fused-ring (bicyclic) bond motifs is 1. The van der Waals surface area contributed by atoms with E-state index >= 15 is 0 Å². The molecule has 166 valence electrons. The monoisotopic (exact) mass is 534 g/mol. The van der Waals surface area contributed by atoms with Crippen LogP contribution in [0.15, 0.2) is 58.1 Å². The van der Waals surface area contributed by atoms with Crippen molar-refractivity contribution in [3.63, 3.8) is 0 Å². The van der Waals surface area contributed by atoms with Crippen molar-refractivity contribution in [3.8, 4) is 0 Å². The lowest BCUT2D eigenvalue weighted by molar-refractivity contribution is 0.392. The second kappa shape index (κ2) is 11.9. The van der Waals surface area contributed by atoms with Gasteiger partial charge >= 0.3 is 0 Å². The predicted octanol–water partition coefficient (Wildman–Crippen LogP) is 3.39. The van der Waals surface area contributed by atoms with E-state index in [1.54, 1.807) is 6.26 Å². The number of hydrogen-bond donors (Lipinski definition) is 2. The van der Waals surface area contributed by atoms with E-state index in [2.05, 4.69) is 51.9 Å². The van der Waals surface area contributed by atoms with Crippen molar-refractivity contribution < 1.29 is 4.42 Å². The van der Waals surface area contributed by atoms with Crippen LogP contribution in [0.2, 0.25) is 0 Å². The van der Waals surface area contributed by atoms with Gasteiger partial charge in [0.25, 0.3) is 0 Å². The highest BCUT2D eigenvalue weighted by Crippen LogP contribution is 2.13. The Hall–Kier alpha value is -2.36. The molecule has 1 aliphatic heterocycles. The number of aliphatic imine (C=N–C) groups is 1. The zero-order valence-electron chi connectivity index (χ0n) is 18.0. The number of guanidine groups is 1. The predicted molar refractivity (Wildman–Crippen MR) is 133 cm³/mol. The molecule has 1 aliphatic rings. The first-order valence-corrected chi connectivity index (χ1v) is 10.8. The smallest absolute Gasteiger partial charge is 0.191 e. The molecule has 0 saturated carbocycles. The van der Waals surface area contributed by atoms with Gasteiger partial charge in [0.2, 0.25) is 0 Å². The summed E-state index contributed by atoms with van der Waals surface area (Å²) in [5.41, 5.74) is 1.32.